The second kappa shape index (κ2) is 5.90. The number of rotatable bonds is 4. The SMILES string of the molecule is C[C@H](Oc1cccc(F)c1)C(=O)N1CC[C@H](C(=O)O)C1. The van der Waals surface area contributed by atoms with Crippen molar-refractivity contribution >= 4 is 11.9 Å². The van der Waals surface area contributed by atoms with Crippen LogP contribution in [-0.4, -0.2) is 41.1 Å². The molecule has 5 nitrogen and oxygen atoms in total. The molecule has 1 aliphatic rings. The molecule has 1 aliphatic heterocycles. The van der Waals surface area contributed by atoms with Gasteiger partial charge >= 0.3 is 5.97 Å². The molecule has 0 aromatic heterocycles. The number of halogens is 1. The van der Waals surface area contributed by atoms with Crippen molar-refractivity contribution in [2.24, 2.45) is 5.92 Å². The van der Waals surface area contributed by atoms with Crippen LogP contribution in [0.3, 0.4) is 0 Å². The number of carbonyl (C=O) groups excluding carboxylic acids is 1. The smallest absolute Gasteiger partial charge is 0.308 e. The molecular weight excluding hydrogens is 265 g/mol. The first-order chi connectivity index (χ1) is 9.47. The molecule has 0 saturated carbocycles. The summed E-state index contributed by atoms with van der Waals surface area (Å²) < 4.78 is 18.4. The molecular formula is C14H16FNO4. The third-order valence-electron chi connectivity index (χ3n) is 3.31. The number of amides is 1. The highest BCUT2D eigenvalue weighted by atomic mass is 19.1. The number of carboxylic acid groups (broad SMARTS) is 1. The molecule has 1 heterocycles. The van der Waals surface area contributed by atoms with Crippen LogP contribution in [0.2, 0.25) is 0 Å². The summed E-state index contributed by atoms with van der Waals surface area (Å²) in [5, 5.41) is 8.91. The molecule has 0 spiro atoms. The highest BCUT2D eigenvalue weighted by molar-refractivity contribution is 5.82. The van der Waals surface area contributed by atoms with E-state index in [9.17, 15) is 14.0 Å². The van der Waals surface area contributed by atoms with Crippen LogP contribution in [0.4, 0.5) is 4.39 Å². The van der Waals surface area contributed by atoms with Crippen molar-refractivity contribution in [1.82, 2.24) is 4.90 Å². The molecule has 2 rings (SSSR count). The van der Waals surface area contributed by atoms with E-state index in [1.165, 1.54) is 23.1 Å². The summed E-state index contributed by atoms with van der Waals surface area (Å²) in [5.41, 5.74) is 0. The first-order valence-electron chi connectivity index (χ1n) is 6.41. The Bertz CT molecular complexity index is 520. The highest BCUT2D eigenvalue weighted by Gasteiger charge is 2.33. The Labute approximate surface area is 116 Å². The predicted octanol–water partition coefficient (Wildman–Crippen LogP) is 1.53. The molecule has 1 aromatic carbocycles. The minimum atomic E-state index is -0.890. The lowest BCUT2D eigenvalue weighted by Crippen LogP contribution is -2.39. The van der Waals surface area contributed by atoms with Gasteiger partial charge in [0.15, 0.2) is 6.10 Å². The van der Waals surface area contributed by atoms with Gasteiger partial charge in [0.05, 0.1) is 5.92 Å². The number of likely N-dealkylation sites (tertiary alicyclic amines) is 1. The Balaban J connectivity index is 1.94. The Morgan fingerprint density at radius 2 is 2.25 bits per heavy atom. The number of benzene rings is 1. The highest BCUT2D eigenvalue weighted by Crippen LogP contribution is 2.19. The van der Waals surface area contributed by atoms with Gasteiger partial charge in [-0.15, -0.1) is 0 Å². The normalized spacial score (nSPS) is 19.7. The minimum Gasteiger partial charge on any atom is -0.481 e. The van der Waals surface area contributed by atoms with Crippen LogP contribution in [0.15, 0.2) is 24.3 Å². The van der Waals surface area contributed by atoms with Gasteiger partial charge in [0, 0.05) is 19.2 Å². The van der Waals surface area contributed by atoms with Crippen LogP contribution in [0, 0.1) is 11.7 Å². The van der Waals surface area contributed by atoms with Crippen molar-refractivity contribution < 1.29 is 23.8 Å². The molecule has 6 heteroatoms. The number of carboxylic acids is 1. The molecule has 20 heavy (non-hydrogen) atoms. The van der Waals surface area contributed by atoms with Crippen molar-refractivity contribution in [2.45, 2.75) is 19.4 Å². The third kappa shape index (κ3) is 3.26. The standard InChI is InChI=1S/C14H16FNO4/c1-9(20-12-4-2-3-11(15)7-12)13(17)16-6-5-10(8-16)14(18)19/h2-4,7,9-10H,5-6,8H2,1H3,(H,18,19)/t9-,10-/m0/s1. The van der Waals surface area contributed by atoms with E-state index in [4.69, 9.17) is 9.84 Å². The number of hydrogen-bond acceptors (Lipinski definition) is 3. The molecule has 1 fully saturated rings. The molecule has 0 bridgehead atoms. The summed E-state index contributed by atoms with van der Waals surface area (Å²) in [7, 11) is 0. The zero-order chi connectivity index (χ0) is 14.7. The zero-order valence-corrected chi connectivity index (χ0v) is 11.1. The van der Waals surface area contributed by atoms with E-state index in [1.807, 2.05) is 0 Å². The molecule has 1 aromatic rings. The minimum absolute atomic E-state index is 0.199. The maximum Gasteiger partial charge on any atom is 0.308 e. The van der Waals surface area contributed by atoms with Crippen LogP contribution in [0.1, 0.15) is 13.3 Å². The summed E-state index contributed by atoms with van der Waals surface area (Å²) >= 11 is 0. The van der Waals surface area contributed by atoms with E-state index in [1.54, 1.807) is 13.0 Å². The van der Waals surface area contributed by atoms with Crippen LogP contribution in [-0.2, 0) is 9.59 Å². The summed E-state index contributed by atoms with van der Waals surface area (Å²) in [6, 6.07) is 5.56. The van der Waals surface area contributed by atoms with Gasteiger partial charge in [0.25, 0.3) is 5.91 Å². The van der Waals surface area contributed by atoms with E-state index in [-0.39, 0.29) is 18.2 Å². The van der Waals surface area contributed by atoms with Gasteiger partial charge in [-0.2, -0.15) is 0 Å². The van der Waals surface area contributed by atoms with Crippen LogP contribution in [0.25, 0.3) is 0 Å². The molecule has 1 saturated heterocycles. The second-order valence-electron chi connectivity index (χ2n) is 4.83. The number of hydrogen-bond donors (Lipinski definition) is 1. The van der Waals surface area contributed by atoms with Gasteiger partial charge in [0.1, 0.15) is 11.6 Å². The Hall–Kier alpha value is -2.11. The van der Waals surface area contributed by atoms with E-state index >= 15 is 0 Å². The Morgan fingerprint density at radius 3 is 2.85 bits per heavy atom. The fraction of sp³-hybridized carbons (Fsp3) is 0.429. The fourth-order valence-electron chi connectivity index (χ4n) is 2.21. The van der Waals surface area contributed by atoms with Gasteiger partial charge < -0.3 is 14.7 Å². The molecule has 108 valence electrons. The first-order valence-corrected chi connectivity index (χ1v) is 6.41. The summed E-state index contributed by atoms with van der Waals surface area (Å²) in [4.78, 5) is 24.4. The quantitative estimate of drug-likeness (QED) is 0.908. The monoisotopic (exact) mass is 281 g/mol. The van der Waals surface area contributed by atoms with Crippen molar-refractivity contribution in [1.29, 1.82) is 0 Å². The van der Waals surface area contributed by atoms with E-state index in [2.05, 4.69) is 0 Å². The van der Waals surface area contributed by atoms with Gasteiger partial charge in [-0.25, -0.2) is 4.39 Å². The van der Waals surface area contributed by atoms with Crippen LogP contribution < -0.4 is 4.74 Å². The lowest BCUT2D eigenvalue weighted by atomic mass is 10.1. The molecule has 1 amide bonds. The maximum atomic E-state index is 13.0. The number of ether oxygens (including phenoxy) is 1. The molecule has 2 atom stereocenters. The molecule has 1 N–H and O–H groups in total. The predicted molar refractivity (Wildman–Crippen MR) is 68.8 cm³/mol. The topological polar surface area (TPSA) is 66.8 Å². The van der Waals surface area contributed by atoms with Crippen LogP contribution in [0.5, 0.6) is 5.75 Å². The number of carbonyl (C=O) groups is 2. The summed E-state index contributed by atoms with van der Waals surface area (Å²) in [5.74, 6) is -1.84. The Morgan fingerprint density at radius 1 is 1.50 bits per heavy atom. The fourth-order valence-corrected chi connectivity index (χ4v) is 2.21. The second-order valence-corrected chi connectivity index (χ2v) is 4.83. The average Bonchev–Trinajstić information content (AvgIpc) is 2.87. The van der Waals surface area contributed by atoms with E-state index < -0.39 is 23.8 Å². The largest absolute Gasteiger partial charge is 0.481 e. The molecule has 0 unspecified atom stereocenters. The molecule has 0 aliphatic carbocycles. The summed E-state index contributed by atoms with van der Waals surface area (Å²) in [6.07, 6.45) is -0.322. The van der Waals surface area contributed by atoms with Crippen molar-refractivity contribution in [3.63, 3.8) is 0 Å². The first kappa shape index (κ1) is 14.3. The van der Waals surface area contributed by atoms with Crippen LogP contribution >= 0.6 is 0 Å². The van der Waals surface area contributed by atoms with Crippen molar-refractivity contribution in [2.75, 3.05) is 13.1 Å². The zero-order valence-electron chi connectivity index (χ0n) is 11.1. The molecule has 0 radical (unpaired) electrons. The number of nitrogens with zero attached hydrogens (tertiary/aromatic N) is 1. The van der Waals surface area contributed by atoms with Gasteiger partial charge in [-0.1, -0.05) is 6.07 Å². The van der Waals surface area contributed by atoms with Gasteiger partial charge in [-0.3, -0.25) is 9.59 Å². The van der Waals surface area contributed by atoms with Crippen molar-refractivity contribution in [3.8, 4) is 5.75 Å². The van der Waals surface area contributed by atoms with Gasteiger partial charge in [0.2, 0.25) is 0 Å². The van der Waals surface area contributed by atoms with E-state index in [0.717, 1.165) is 0 Å². The van der Waals surface area contributed by atoms with Gasteiger partial charge in [-0.05, 0) is 25.5 Å². The average molecular weight is 281 g/mol. The van der Waals surface area contributed by atoms with Crippen molar-refractivity contribution in [3.05, 3.63) is 30.1 Å². The Kier molecular flexibility index (Phi) is 4.22. The summed E-state index contributed by atoms with van der Waals surface area (Å²) in [6.45, 7) is 2.18. The van der Waals surface area contributed by atoms with E-state index in [0.29, 0.717) is 13.0 Å². The lowest BCUT2D eigenvalue weighted by Gasteiger charge is -2.21. The lowest BCUT2D eigenvalue weighted by molar-refractivity contribution is -0.142. The number of aliphatic carboxylic acids is 1. The maximum absolute atomic E-state index is 13.0. The third-order valence-corrected chi connectivity index (χ3v) is 3.31.